The summed E-state index contributed by atoms with van der Waals surface area (Å²) in [4.78, 5) is 18.6. The Morgan fingerprint density at radius 1 is 0.789 bits per heavy atom. The molecule has 0 bridgehead atoms. The molecule has 1 unspecified atom stereocenters. The van der Waals surface area contributed by atoms with Gasteiger partial charge in [-0.25, -0.2) is 9.37 Å². The lowest BCUT2D eigenvalue weighted by Crippen LogP contribution is -2.35. The number of ether oxygens (including phenoxy) is 4. The van der Waals surface area contributed by atoms with Crippen molar-refractivity contribution in [3.8, 4) is 23.1 Å². The molecule has 392 valence electrons. The number of fused-ring (bicyclic) bond motifs is 2. The summed E-state index contributed by atoms with van der Waals surface area (Å²) in [5.41, 5.74) is 2.01. The van der Waals surface area contributed by atoms with Crippen LogP contribution in [0.4, 0.5) is 5.69 Å². The van der Waals surface area contributed by atoms with Gasteiger partial charge in [0, 0.05) is 60.6 Å². The summed E-state index contributed by atoms with van der Waals surface area (Å²) in [6.45, 7) is 10.2. The van der Waals surface area contributed by atoms with Crippen LogP contribution >= 0.6 is 0 Å². The van der Waals surface area contributed by atoms with Crippen LogP contribution in [0.2, 0.25) is 0 Å². The lowest BCUT2D eigenvalue weighted by Gasteiger charge is -2.30. The van der Waals surface area contributed by atoms with Gasteiger partial charge in [0.25, 0.3) is 30.4 Å². The Labute approximate surface area is 414 Å². The maximum Gasteiger partial charge on any atom is 0.335 e. The van der Waals surface area contributed by atoms with E-state index >= 15 is 0 Å². The maximum atomic E-state index is 12.4. The van der Waals surface area contributed by atoms with Gasteiger partial charge in [-0.05, 0) is 78.8 Å². The molecule has 0 radical (unpaired) electrons. The summed E-state index contributed by atoms with van der Waals surface area (Å²) in [7, 11) is -11.6. The van der Waals surface area contributed by atoms with Crippen LogP contribution in [0.1, 0.15) is 70.3 Å². The number of hydrogen-bond donors (Lipinski definition) is 5. The molecule has 5 N–H and O–H groups in total. The van der Waals surface area contributed by atoms with Crippen LogP contribution in [-0.2, 0) is 64.9 Å². The highest BCUT2D eigenvalue weighted by Gasteiger charge is 2.44. The highest BCUT2D eigenvalue weighted by Crippen LogP contribution is 2.51. The molecule has 24 heteroatoms. The molecular weight excluding hydrogens is 991 g/mol. The van der Waals surface area contributed by atoms with Crippen molar-refractivity contribution in [2.24, 2.45) is 0 Å². The molecule has 3 aliphatic rings. The molecule has 71 heavy (non-hydrogen) atoms. The number of carbonyl (C=O) groups excluding carboxylic acids is 1. The van der Waals surface area contributed by atoms with Crippen molar-refractivity contribution < 1.29 is 82.1 Å². The largest absolute Gasteiger partial charge is 0.492 e. The van der Waals surface area contributed by atoms with E-state index < -0.39 is 65.0 Å². The van der Waals surface area contributed by atoms with Gasteiger partial charge in [0.1, 0.15) is 24.7 Å². The zero-order valence-electron chi connectivity index (χ0n) is 40.4. The van der Waals surface area contributed by atoms with Gasteiger partial charge < -0.3 is 43.3 Å². The van der Waals surface area contributed by atoms with Crippen molar-refractivity contribution in [3.63, 3.8) is 0 Å². The Kier molecular flexibility index (Phi) is 19.6. The van der Waals surface area contributed by atoms with Crippen molar-refractivity contribution >= 4 is 48.1 Å². The van der Waals surface area contributed by atoms with Gasteiger partial charge in [-0.3, -0.25) is 13.7 Å². The average Bonchev–Trinajstić information content (AvgIpc) is 3.71. The quantitative estimate of drug-likeness (QED) is 0.0316. The molecule has 2 aromatic rings. The molecule has 0 fully saturated rings. The topological polar surface area (TPSA) is 291 Å². The summed E-state index contributed by atoms with van der Waals surface area (Å²) < 4.78 is 132. The number of aromatic nitrogens is 1. The molecule has 1 aromatic heterocycles. The van der Waals surface area contributed by atoms with Gasteiger partial charge in [0.05, 0.1) is 68.5 Å². The first-order valence-electron chi connectivity index (χ1n) is 22.7. The van der Waals surface area contributed by atoms with E-state index in [1.165, 1.54) is 12.1 Å². The van der Waals surface area contributed by atoms with E-state index in [2.05, 4.69) is 20.8 Å². The fraction of sp³-hybridized carbons (Fsp3) is 0.489. The number of benzene rings is 2. The van der Waals surface area contributed by atoms with Crippen LogP contribution in [0.5, 0.6) is 11.8 Å². The van der Waals surface area contributed by atoms with E-state index in [9.17, 15) is 53.9 Å². The van der Waals surface area contributed by atoms with E-state index in [0.717, 1.165) is 28.6 Å². The van der Waals surface area contributed by atoms with Crippen molar-refractivity contribution in [1.29, 1.82) is 0 Å². The van der Waals surface area contributed by atoms with Crippen LogP contribution < -0.4 is 19.7 Å². The Morgan fingerprint density at radius 3 is 2.08 bits per heavy atom. The first-order chi connectivity index (χ1) is 33.3. The van der Waals surface area contributed by atoms with E-state index in [1.54, 1.807) is 31.4 Å². The first kappa shape index (κ1) is 56.8. The van der Waals surface area contributed by atoms with Crippen LogP contribution in [0.3, 0.4) is 0 Å². The van der Waals surface area contributed by atoms with Gasteiger partial charge in [0.2, 0.25) is 17.1 Å². The third-order valence-electron chi connectivity index (χ3n) is 11.6. The number of nitrogens with zero attached hydrogens (tertiary/aromatic N) is 3. The Hall–Kier alpha value is -5.15. The molecule has 1 aromatic carbocycles. The van der Waals surface area contributed by atoms with E-state index in [1.807, 2.05) is 40.7 Å². The summed E-state index contributed by atoms with van der Waals surface area (Å²) in [5, 5.41) is 20.1. The van der Waals surface area contributed by atoms with E-state index in [4.69, 9.17) is 28.2 Å². The highest BCUT2D eigenvalue weighted by atomic mass is 32.2. The lowest BCUT2D eigenvalue weighted by molar-refractivity contribution is -0.146. The number of carbonyl (C=O) groups is 1. The standard InChI is InChI=1S/C47H63N3O18S3/c1-46(2,3)38-32-35(67-41-31-34(11-13-37(38)41)48(19-8-30-70(57,58)59)20-23-65-26-25-63-5)9-6-10-42-47(4,18-7-29-69(54,55)56)39-33-36(71(60,61)62)12-14-40(39)49(42)21-24-66-28-27-64-22-17-45(53)68-50-43(51)15-16-44(50)52/h6,9-16,31-33H,7-8,17-30H2,1-5H3,(H4-,51,52,54,55,56,57,58,59,60,61,62)/p+1. The normalized spacial score (nSPS) is 16.6. The van der Waals surface area contributed by atoms with Crippen LogP contribution in [0, 0.1) is 0 Å². The minimum atomic E-state index is -4.66. The predicted octanol–water partition coefficient (Wildman–Crippen LogP) is 4.28. The monoisotopic (exact) mass is 1050 g/mol. The number of anilines is 1. The summed E-state index contributed by atoms with van der Waals surface area (Å²) >= 11 is 0. The minimum Gasteiger partial charge on any atom is -0.492 e. The molecule has 2 aliphatic heterocycles. The van der Waals surface area contributed by atoms with Crippen LogP contribution in [-0.4, -0.2) is 144 Å². The first-order valence-corrected chi connectivity index (χ1v) is 27.3. The fourth-order valence-corrected chi connectivity index (χ4v) is 9.64. The predicted molar refractivity (Wildman–Crippen MR) is 262 cm³/mol. The van der Waals surface area contributed by atoms with Crippen LogP contribution in [0.25, 0.3) is 17.4 Å². The summed E-state index contributed by atoms with van der Waals surface area (Å²) in [6, 6.07) is 14.1. The van der Waals surface area contributed by atoms with Crippen LogP contribution in [0.15, 0.2) is 81.8 Å². The Bertz CT molecular complexity index is 2900. The second-order valence-electron chi connectivity index (χ2n) is 17.9. The number of methoxy groups -OCH3 is 1. The third kappa shape index (κ3) is 16.4. The fourth-order valence-electron chi connectivity index (χ4n) is 8.14. The van der Waals surface area contributed by atoms with Crippen molar-refractivity contribution in [2.75, 3.05) is 89.4 Å². The highest BCUT2D eigenvalue weighted by molar-refractivity contribution is 7.86. The minimum absolute atomic E-state index is 0.0156. The second-order valence-corrected chi connectivity index (χ2v) is 22.5. The van der Waals surface area contributed by atoms with Gasteiger partial charge in [-0.1, -0.05) is 26.8 Å². The summed E-state index contributed by atoms with van der Waals surface area (Å²) in [6.07, 6.45) is 5.36. The van der Waals surface area contributed by atoms with Gasteiger partial charge in [-0.15, -0.1) is 4.73 Å². The molecule has 1 atom stereocenters. The molecule has 5 rings (SSSR count). The molecule has 0 saturated carbocycles. The zero-order valence-corrected chi connectivity index (χ0v) is 42.8. The van der Waals surface area contributed by atoms with Gasteiger partial charge in [-0.2, -0.15) is 25.3 Å². The molecule has 0 amide bonds. The zero-order chi connectivity index (χ0) is 52.2. The SMILES string of the molecule is COCCOCC[N+](CCCS(=O)(=O)O)=c1ccc2c(C(C)(C)C)cc(C=CC=C3N(CCOCCOCCC(=O)On4c(O)ccc4O)c4ccc(S(=O)(=O)O)cc4C3(C)CCCS(=O)(=O)O)oc-2c1. The molecule has 0 spiro atoms. The van der Waals surface area contributed by atoms with Crippen molar-refractivity contribution in [1.82, 2.24) is 9.31 Å². The lowest BCUT2D eigenvalue weighted by atomic mass is 9.77. The number of rotatable bonds is 27. The maximum absolute atomic E-state index is 12.4. The molecule has 3 heterocycles. The Balaban J connectivity index is 1.47. The Morgan fingerprint density at radius 2 is 1.44 bits per heavy atom. The van der Waals surface area contributed by atoms with E-state index in [0.29, 0.717) is 66.1 Å². The molecule has 21 nitrogen and oxygen atoms in total. The number of allylic oxidation sites excluding steroid dienone is 3. The average molecular weight is 1060 g/mol. The second kappa shape index (κ2) is 24.5. The van der Waals surface area contributed by atoms with Crippen molar-refractivity contribution in [3.05, 3.63) is 94.7 Å². The molecule has 0 saturated heterocycles. The molecule has 1 aliphatic carbocycles. The molecular formula is C47H64N3O18S3+. The number of hydrogen-bond acceptors (Lipinski definition) is 16. The van der Waals surface area contributed by atoms with Gasteiger partial charge in [0.15, 0.2) is 6.54 Å². The van der Waals surface area contributed by atoms with Crippen molar-refractivity contribution in [2.45, 2.75) is 69.1 Å². The van der Waals surface area contributed by atoms with E-state index in [-0.39, 0.29) is 69.0 Å². The number of aromatic hydroxyl groups is 2. The van der Waals surface area contributed by atoms with Gasteiger partial charge >= 0.3 is 5.97 Å². The third-order valence-corrected chi connectivity index (χ3v) is 14.0. The smallest absolute Gasteiger partial charge is 0.335 e. The summed E-state index contributed by atoms with van der Waals surface area (Å²) in [5.74, 6) is -1.69.